The topological polar surface area (TPSA) is 245 Å². The van der Waals surface area contributed by atoms with E-state index in [1.54, 1.807) is 58.6 Å². The molecule has 20 nitrogen and oxygen atoms in total. The van der Waals surface area contributed by atoms with E-state index in [1.807, 2.05) is 54.6 Å². The summed E-state index contributed by atoms with van der Waals surface area (Å²) in [5, 5.41) is 10.3. The predicted octanol–water partition coefficient (Wildman–Crippen LogP) is 5.70. The smallest absolute Gasteiger partial charge is 0.308 e. The molecule has 6 amide bonds. The molecule has 1 fully saturated rings. The zero-order chi connectivity index (χ0) is 53.7. The molecule has 1 saturated carbocycles. The van der Waals surface area contributed by atoms with Crippen molar-refractivity contribution in [3.63, 3.8) is 0 Å². The molecule has 396 valence electrons. The first-order chi connectivity index (χ1) is 37.4. The number of para-hydroxylation sites is 2. The van der Waals surface area contributed by atoms with Gasteiger partial charge in [0.25, 0.3) is 11.8 Å². The summed E-state index contributed by atoms with van der Waals surface area (Å²) in [4.78, 5) is 104. The van der Waals surface area contributed by atoms with E-state index in [-0.39, 0.29) is 67.4 Å². The molecule has 10 rings (SSSR count). The SMILES string of the molecule is COc1cc2c(cc1OCc1cc(COc3cc4c(cc3OC)C(=O)N3c5ccccc5C[C@H]3C=N4)cc(NC(=O)CNC(=O)CNC(=O)CNC(=O)[C@H]3CC[C@H](C(=O)OC)CC3)c1)N=C[C@@H]1Cc3ccccc3N1C2=O. The second kappa shape index (κ2) is 22.4. The number of hydrogen-bond donors (Lipinski definition) is 4. The van der Waals surface area contributed by atoms with Gasteiger partial charge in [-0.1, -0.05) is 36.4 Å². The first-order valence-corrected chi connectivity index (χ1v) is 25.3. The van der Waals surface area contributed by atoms with E-state index >= 15 is 0 Å². The number of rotatable bonds is 17. The summed E-state index contributed by atoms with van der Waals surface area (Å²) in [6, 6.07) is 26.8. The number of nitrogens with zero attached hydrogens (tertiary/aromatic N) is 4. The number of fused-ring (bicyclic) bond motifs is 8. The molecule has 0 radical (unpaired) electrons. The molecule has 1 aliphatic carbocycles. The Hall–Kier alpha value is -9.07. The van der Waals surface area contributed by atoms with Gasteiger partial charge in [0, 0.05) is 60.4 Å². The predicted molar refractivity (Wildman–Crippen MR) is 284 cm³/mol. The Balaban J connectivity index is 0.817. The van der Waals surface area contributed by atoms with Crippen LogP contribution in [0.2, 0.25) is 0 Å². The fourth-order valence-corrected chi connectivity index (χ4v) is 10.5. The lowest BCUT2D eigenvalue weighted by atomic mass is 9.81. The van der Waals surface area contributed by atoms with Crippen LogP contribution in [0, 0.1) is 11.8 Å². The number of carbonyl (C=O) groups excluding carboxylic acids is 7. The third kappa shape index (κ3) is 11.0. The van der Waals surface area contributed by atoms with Gasteiger partial charge in [0.05, 0.1) is 81.5 Å². The molecule has 4 N–H and O–H groups in total. The number of ether oxygens (including phenoxy) is 5. The van der Waals surface area contributed by atoms with Crippen LogP contribution in [0.5, 0.6) is 23.0 Å². The van der Waals surface area contributed by atoms with Crippen molar-refractivity contribution < 1.29 is 57.2 Å². The van der Waals surface area contributed by atoms with Gasteiger partial charge in [-0.25, -0.2) is 0 Å². The molecule has 5 aromatic carbocycles. The number of amides is 6. The number of esters is 1. The van der Waals surface area contributed by atoms with Crippen LogP contribution in [-0.4, -0.2) is 107 Å². The number of aliphatic imine (C=N–C) groups is 2. The number of nitrogens with one attached hydrogen (secondary N) is 4. The summed E-state index contributed by atoms with van der Waals surface area (Å²) in [5.74, 6) is -2.19. The largest absolute Gasteiger partial charge is 0.493 e. The highest BCUT2D eigenvalue weighted by atomic mass is 16.5. The van der Waals surface area contributed by atoms with E-state index in [4.69, 9.17) is 33.7 Å². The zero-order valence-corrected chi connectivity index (χ0v) is 42.6. The molecule has 77 heavy (non-hydrogen) atoms. The Morgan fingerprint density at radius 1 is 0.558 bits per heavy atom. The number of benzene rings is 5. The highest BCUT2D eigenvalue weighted by Gasteiger charge is 2.38. The molecule has 0 spiro atoms. The van der Waals surface area contributed by atoms with E-state index in [2.05, 4.69) is 21.3 Å². The van der Waals surface area contributed by atoms with Crippen molar-refractivity contribution in [3.05, 3.63) is 124 Å². The fraction of sp³-hybridized carbons (Fsp3) is 0.316. The lowest BCUT2D eigenvalue weighted by Crippen LogP contribution is -2.44. The molecule has 0 saturated heterocycles. The summed E-state index contributed by atoms with van der Waals surface area (Å²) in [6.45, 7) is -1.33. The summed E-state index contributed by atoms with van der Waals surface area (Å²) >= 11 is 0. The Labute approximate surface area is 443 Å². The van der Waals surface area contributed by atoms with Crippen LogP contribution in [0.4, 0.5) is 28.4 Å². The molecule has 2 atom stereocenters. The highest BCUT2D eigenvalue weighted by molar-refractivity contribution is 6.16. The van der Waals surface area contributed by atoms with Crippen LogP contribution in [0.3, 0.4) is 0 Å². The van der Waals surface area contributed by atoms with Gasteiger partial charge in [0.15, 0.2) is 23.0 Å². The summed E-state index contributed by atoms with van der Waals surface area (Å²) < 4.78 is 29.1. The second-order valence-corrected chi connectivity index (χ2v) is 19.3. The van der Waals surface area contributed by atoms with Gasteiger partial charge in [-0.3, -0.25) is 53.3 Å². The van der Waals surface area contributed by atoms with Crippen molar-refractivity contribution in [1.82, 2.24) is 16.0 Å². The molecule has 0 unspecified atom stereocenters. The first-order valence-electron chi connectivity index (χ1n) is 25.3. The van der Waals surface area contributed by atoms with E-state index in [0.29, 0.717) is 101 Å². The quantitative estimate of drug-likeness (QED) is 0.0820. The van der Waals surface area contributed by atoms with Gasteiger partial charge < -0.3 is 45.0 Å². The number of anilines is 3. The molecular weight excluding hydrogens is 989 g/mol. The molecule has 5 aliphatic rings. The maximum atomic E-state index is 14.1. The lowest BCUT2D eigenvalue weighted by molar-refractivity contribution is -0.147. The van der Waals surface area contributed by atoms with Gasteiger partial charge >= 0.3 is 5.97 Å². The molecule has 5 aromatic rings. The van der Waals surface area contributed by atoms with E-state index < -0.39 is 30.8 Å². The maximum absolute atomic E-state index is 14.1. The van der Waals surface area contributed by atoms with Gasteiger partial charge in [-0.2, -0.15) is 0 Å². The molecule has 0 aromatic heterocycles. The van der Waals surface area contributed by atoms with Crippen molar-refractivity contribution in [2.45, 2.75) is 63.8 Å². The Morgan fingerprint density at radius 2 is 1.03 bits per heavy atom. The fourth-order valence-electron chi connectivity index (χ4n) is 10.5. The summed E-state index contributed by atoms with van der Waals surface area (Å²) in [5.41, 5.74) is 6.85. The highest BCUT2D eigenvalue weighted by Crippen LogP contribution is 2.43. The van der Waals surface area contributed by atoms with Gasteiger partial charge in [-0.15, -0.1) is 0 Å². The van der Waals surface area contributed by atoms with Crippen LogP contribution < -0.4 is 50.0 Å². The average Bonchev–Trinajstić information content (AvgIpc) is 3.97. The van der Waals surface area contributed by atoms with Crippen LogP contribution >= 0.6 is 0 Å². The minimum Gasteiger partial charge on any atom is -0.493 e. The molecule has 4 heterocycles. The Kier molecular flexibility index (Phi) is 15.0. The minimum atomic E-state index is -0.644. The number of methoxy groups -OCH3 is 3. The summed E-state index contributed by atoms with van der Waals surface area (Å²) in [6.07, 6.45) is 6.84. The third-order valence-electron chi connectivity index (χ3n) is 14.3. The maximum Gasteiger partial charge on any atom is 0.308 e. The van der Waals surface area contributed by atoms with Crippen molar-refractivity contribution in [1.29, 1.82) is 0 Å². The van der Waals surface area contributed by atoms with Crippen LogP contribution in [0.1, 0.15) is 68.7 Å². The first kappa shape index (κ1) is 51.4. The van der Waals surface area contributed by atoms with E-state index in [9.17, 15) is 33.6 Å². The molecule has 20 heteroatoms. The van der Waals surface area contributed by atoms with E-state index in [0.717, 1.165) is 22.5 Å². The Morgan fingerprint density at radius 3 is 1.52 bits per heavy atom. The molecule has 0 bridgehead atoms. The Bertz CT molecular complexity index is 3100. The van der Waals surface area contributed by atoms with Crippen molar-refractivity contribution in [3.8, 4) is 23.0 Å². The monoisotopic (exact) mass is 1040 g/mol. The second-order valence-electron chi connectivity index (χ2n) is 19.3. The van der Waals surface area contributed by atoms with Crippen molar-refractivity contribution in [2.24, 2.45) is 21.8 Å². The standard InChI is InChI=1S/C57H56N8O12/c1-73-47-21-41-43(58-25-39-19-36-8-4-6-10-45(36)64(39)55(41)70)23-49(47)76-30-32-16-33(31-77-50-24-44-42(22-48(50)74-2)56(71)65-40(26-59-44)20-37-9-5-7-11-46(37)65)18-38(17-32)63-53(68)29-61-51(66)27-60-52(67)28-62-54(69)34-12-14-35(15-13-34)57(72)75-3/h4-11,16-18,21-26,34-35,39-40H,12-15,19-20,27-31H2,1-3H3,(H,60,67)(H,61,66)(H,62,69)(H,63,68)/t34-,35-,39-,40-/m0/s1. The number of hydrogen-bond acceptors (Lipinski definition) is 14. The van der Waals surface area contributed by atoms with Crippen LogP contribution in [-0.2, 0) is 54.8 Å². The molecule has 4 aliphatic heterocycles. The van der Waals surface area contributed by atoms with Gasteiger partial charge in [0.2, 0.25) is 23.6 Å². The van der Waals surface area contributed by atoms with Crippen LogP contribution in [0.25, 0.3) is 0 Å². The van der Waals surface area contributed by atoms with Crippen molar-refractivity contribution in [2.75, 3.05) is 56.1 Å². The summed E-state index contributed by atoms with van der Waals surface area (Å²) in [7, 11) is 4.30. The van der Waals surface area contributed by atoms with Gasteiger partial charge in [0.1, 0.15) is 13.2 Å². The van der Waals surface area contributed by atoms with Crippen LogP contribution in [0.15, 0.2) is 101 Å². The van der Waals surface area contributed by atoms with E-state index in [1.165, 1.54) is 21.3 Å². The van der Waals surface area contributed by atoms with Gasteiger partial charge in [-0.05, 0) is 90.4 Å². The minimum absolute atomic E-state index is 0.0428. The lowest BCUT2D eigenvalue weighted by Gasteiger charge is -2.25. The average molecular weight is 1050 g/mol. The zero-order valence-electron chi connectivity index (χ0n) is 42.6. The molecular formula is C57H56N8O12. The normalized spacial score (nSPS) is 18.4. The van der Waals surface area contributed by atoms with Crippen molar-refractivity contribution >= 4 is 82.3 Å². The number of carbonyl (C=O) groups is 7. The third-order valence-corrected chi connectivity index (χ3v) is 14.3.